The number of amides is 1. The summed E-state index contributed by atoms with van der Waals surface area (Å²) in [5.74, 6) is -0.129. The van der Waals surface area contributed by atoms with Crippen molar-refractivity contribution in [2.75, 3.05) is 47.4 Å². The zero-order chi connectivity index (χ0) is 19.1. The van der Waals surface area contributed by atoms with Crippen LogP contribution in [0.2, 0.25) is 0 Å². The standard InChI is InChI=1S/C19H24N2O5/c1-20-6-8-21(9-7-20)19(24)15(4-5-18(22)23)10-14-11-16(25-2)13-17(12-14)26-3/h4-5,10-13H,6-9H2,1-3H3,(H,22,23)/b5-4+,15-10+. The average molecular weight is 360 g/mol. The van der Waals surface area contributed by atoms with Crippen LogP contribution in [0.25, 0.3) is 6.08 Å². The molecule has 0 spiro atoms. The molecule has 1 amide bonds. The summed E-state index contributed by atoms with van der Waals surface area (Å²) in [6.45, 7) is 2.79. The predicted molar refractivity (Wildman–Crippen MR) is 98.4 cm³/mol. The minimum atomic E-state index is -1.11. The van der Waals surface area contributed by atoms with Crippen LogP contribution < -0.4 is 9.47 Å². The number of aliphatic carboxylic acids is 1. The smallest absolute Gasteiger partial charge is 0.328 e. The lowest BCUT2D eigenvalue weighted by Crippen LogP contribution is -2.47. The summed E-state index contributed by atoms with van der Waals surface area (Å²) in [5.41, 5.74) is 0.987. The van der Waals surface area contributed by atoms with Gasteiger partial charge in [0.05, 0.1) is 14.2 Å². The SMILES string of the molecule is COc1cc(/C=C(\C=C\C(=O)O)C(=O)N2CCN(C)CC2)cc(OC)c1. The van der Waals surface area contributed by atoms with E-state index in [1.54, 1.807) is 43.4 Å². The zero-order valence-electron chi connectivity index (χ0n) is 15.3. The molecule has 1 saturated heterocycles. The van der Waals surface area contributed by atoms with Crippen molar-refractivity contribution in [1.82, 2.24) is 9.80 Å². The first kappa shape index (κ1) is 19.5. The molecule has 0 aromatic heterocycles. The Morgan fingerprint density at radius 3 is 2.08 bits per heavy atom. The number of rotatable bonds is 6. The van der Waals surface area contributed by atoms with Crippen molar-refractivity contribution in [3.63, 3.8) is 0 Å². The van der Waals surface area contributed by atoms with E-state index in [-0.39, 0.29) is 5.91 Å². The second kappa shape index (κ2) is 9.05. The second-order valence-corrected chi connectivity index (χ2v) is 6.01. The Balaban J connectivity index is 2.36. The Labute approximate surface area is 153 Å². The van der Waals surface area contributed by atoms with Gasteiger partial charge in [0.25, 0.3) is 5.91 Å². The Hall–Kier alpha value is -2.80. The first-order valence-corrected chi connectivity index (χ1v) is 8.26. The van der Waals surface area contributed by atoms with Crippen LogP contribution in [-0.2, 0) is 9.59 Å². The molecule has 140 valence electrons. The van der Waals surface area contributed by atoms with Crippen molar-refractivity contribution >= 4 is 18.0 Å². The van der Waals surface area contributed by atoms with Gasteiger partial charge in [0.15, 0.2) is 0 Å². The van der Waals surface area contributed by atoms with E-state index in [0.717, 1.165) is 19.2 Å². The van der Waals surface area contributed by atoms with Gasteiger partial charge in [0.2, 0.25) is 0 Å². The van der Waals surface area contributed by atoms with Crippen molar-refractivity contribution in [1.29, 1.82) is 0 Å². The summed E-state index contributed by atoms with van der Waals surface area (Å²) in [5, 5.41) is 8.93. The monoisotopic (exact) mass is 360 g/mol. The third-order valence-corrected chi connectivity index (χ3v) is 4.14. The lowest BCUT2D eigenvalue weighted by atomic mass is 10.1. The molecule has 0 atom stereocenters. The molecule has 0 unspecified atom stereocenters. The molecule has 1 aromatic carbocycles. The number of nitrogens with zero attached hydrogens (tertiary/aromatic N) is 2. The van der Waals surface area contributed by atoms with Gasteiger partial charge in [-0.25, -0.2) is 4.79 Å². The van der Waals surface area contributed by atoms with Gasteiger partial charge < -0.3 is 24.4 Å². The van der Waals surface area contributed by atoms with Crippen LogP contribution in [0.1, 0.15) is 5.56 Å². The normalized spacial score (nSPS) is 16.0. The highest BCUT2D eigenvalue weighted by molar-refractivity contribution is 6.02. The predicted octanol–water partition coefficient (Wildman–Crippen LogP) is 1.50. The molecule has 1 N–H and O–H groups in total. The number of hydrogen-bond donors (Lipinski definition) is 1. The van der Waals surface area contributed by atoms with Gasteiger partial charge in [0.1, 0.15) is 11.5 Å². The summed E-state index contributed by atoms with van der Waals surface area (Å²) in [4.78, 5) is 27.7. The molecule has 2 rings (SSSR count). The van der Waals surface area contributed by atoms with E-state index in [9.17, 15) is 9.59 Å². The molecule has 26 heavy (non-hydrogen) atoms. The largest absolute Gasteiger partial charge is 0.497 e. The fourth-order valence-corrected chi connectivity index (χ4v) is 2.63. The molecular weight excluding hydrogens is 336 g/mol. The minimum Gasteiger partial charge on any atom is -0.497 e. The first-order valence-electron chi connectivity index (χ1n) is 8.26. The Kier molecular flexibility index (Phi) is 6.80. The van der Waals surface area contributed by atoms with Crippen molar-refractivity contribution in [2.24, 2.45) is 0 Å². The summed E-state index contributed by atoms with van der Waals surface area (Å²) < 4.78 is 10.5. The van der Waals surface area contributed by atoms with Crippen LogP contribution in [0.5, 0.6) is 11.5 Å². The number of ether oxygens (including phenoxy) is 2. The van der Waals surface area contributed by atoms with Crippen molar-refractivity contribution in [3.8, 4) is 11.5 Å². The molecule has 0 bridgehead atoms. The number of methoxy groups -OCH3 is 2. The van der Waals surface area contributed by atoms with E-state index in [1.807, 2.05) is 7.05 Å². The minimum absolute atomic E-state index is 0.197. The summed E-state index contributed by atoms with van der Waals surface area (Å²) in [6.07, 6.45) is 3.94. The van der Waals surface area contributed by atoms with Gasteiger partial charge in [-0.1, -0.05) is 0 Å². The van der Waals surface area contributed by atoms with E-state index < -0.39 is 5.97 Å². The van der Waals surface area contributed by atoms with E-state index >= 15 is 0 Å². The molecule has 1 aliphatic heterocycles. The zero-order valence-corrected chi connectivity index (χ0v) is 15.3. The van der Waals surface area contributed by atoms with Gasteiger partial charge in [-0.15, -0.1) is 0 Å². The van der Waals surface area contributed by atoms with Gasteiger partial charge in [-0.05, 0) is 36.9 Å². The molecular formula is C19H24N2O5. The van der Waals surface area contributed by atoms with Crippen LogP contribution in [0.3, 0.4) is 0 Å². The third kappa shape index (κ3) is 5.35. The highest BCUT2D eigenvalue weighted by Crippen LogP contribution is 2.24. The third-order valence-electron chi connectivity index (χ3n) is 4.14. The molecule has 7 nitrogen and oxygen atoms in total. The van der Waals surface area contributed by atoms with Crippen LogP contribution >= 0.6 is 0 Å². The number of benzene rings is 1. The Morgan fingerprint density at radius 2 is 1.58 bits per heavy atom. The molecule has 0 radical (unpaired) electrons. The van der Waals surface area contributed by atoms with Crippen LogP contribution in [0.15, 0.2) is 35.9 Å². The average Bonchev–Trinajstić information content (AvgIpc) is 2.64. The Bertz CT molecular complexity index is 696. The molecule has 0 aliphatic carbocycles. The van der Waals surface area contributed by atoms with E-state index in [0.29, 0.717) is 35.7 Å². The summed E-state index contributed by atoms with van der Waals surface area (Å²) >= 11 is 0. The van der Waals surface area contributed by atoms with Gasteiger partial charge >= 0.3 is 5.97 Å². The van der Waals surface area contributed by atoms with Gasteiger partial charge in [0, 0.05) is 43.9 Å². The number of hydrogen-bond acceptors (Lipinski definition) is 5. The van der Waals surface area contributed by atoms with Crippen molar-refractivity contribution < 1.29 is 24.2 Å². The maximum Gasteiger partial charge on any atom is 0.328 e. The quantitative estimate of drug-likeness (QED) is 0.612. The maximum atomic E-state index is 12.9. The highest BCUT2D eigenvalue weighted by Gasteiger charge is 2.21. The van der Waals surface area contributed by atoms with Gasteiger partial charge in [-0.3, -0.25) is 4.79 Å². The number of carboxylic acids is 1. The number of carbonyl (C=O) groups is 2. The molecule has 1 heterocycles. The number of carboxylic acid groups (broad SMARTS) is 1. The number of carbonyl (C=O) groups excluding carboxylic acids is 1. The molecule has 1 aromatic rings. The van der Waals surface area contributed by atoms with Gasteiger partial charge in [-0.2, -0.15) is 0 Å². The lowest BCUT2D eigenvalue weighted by molar-refractivity contribution is -0.131. The van der Waals surface area contributed by atoms with E-state index in [4.69, 9.17) is 14.6 Å². The fourth-order valence-electron chi connectivity index (χ4n) is 2.63. The van der Waals surface area contributed by atoms with E-state index in [1.165, 1.54) is 6.08 Å². The van der Waals surface area contributed by atoms with E-state index in [2.05, 4.69) is 4.90 Å². The molecule has 1 aliphatic rings. The fraction of sp³-hybridized carbons (Fsp3) is 0.368. The molecule has 1 fully saturated rings. The highest BCUT2D eigenvalue weighted by atomic mass is 16.5. The van der Waals surface area contributed by atoms with Crippen LogP contribution in [0, 0.1) is 0 Å². The lowest BCUT2D eigenvalue weighted by Gasteiger charge is -2.32. The van der Waals surface area contributed by atoms with Crippen LogP contribution in [0.4, 0.5) is 0 Å². The summed E-state index contributed by atoms with van der Waals surface area (Å²) in [6, 6.07) is 5.25. The molecule has 0 saturated carbocycles. The second-order valence-electron chi connectivity index (χ2n) is 6.01. The van der Waals surface area contributed by atoms with Crippen LogP contribution in [-0.4, -0.2) is 74.2 Å². The van der Waals surface area contributed by atoms with Crippen molar-refractivity contribution in [2.45, 2.75) is 0 Å². The molecule has 7 heteroatoms. The van der Waals surface area contributed by atoms with Crippen molar-refractivity contribution in [3.05, 3.63) is 41.5 Å². The number of likely N-dealkylation sites (N-methyl/N-ethyl adjacent to an activating group) is 1. The Morgan fingerprint density at radius 1 is 1.00 bits per heavy atom. The summed E-state index contributed by atoms with van der Waals surface area (Å²) in [7, 11) is 5.09. The topological polar surface area (TPSA) is 79.3 Å². The maximum absolute atomic E-state index is 12.9. The first-order chi connectivity index (χ1) is 12.4. The number of piperazine rings is 1.